The van der Waals surface area contributed by atoms with Crippen molar-refractivity contribution in [1.29, 1.82) is 0 Å². The van der Waals surface area contributed by atoms with Crippen LogP contribution in [-0.2, 0) is 17.6 Å². The number of rotatable bonds is 6. The molecule has 27 heavy (non-hydrogen) atoms. The van der Waals surface area contributed by atoms with Crippen LogP contribution in [0.15, 0.2) is 85.1 Å². The third-order valence-corrected chi connectivity index (χ3v) is 4.54. The normalized spacial score (nSPS) is 17.0. The van der Waals surface area contributed by atoms with E-state index in [0.717, 1.165) is 35.2 Å². The highest BCUT2D eigenvalue weighted by molar-refractivity contribution is 6.05. The second-order valence-corrected chi connectivity index (χ2v) is 6.69. The van der Waals surface area contributed by atoms with Gasteiger partial charge in [0, 0.05) is 24.2 Å². The van der Waals surface area contributed by atoms with Crippen molar-refractivity contribution in [2.75, 3.05) is 6.54 Å². The first-order valence-electron chi connectivity index (χ1n) is 9.30. The molecule has 3 rings (SSSR count). The van der Waals surface area contributed by atoms with Crippen LogP contribution >= 0.6 is 0 Å². The van der Waals surface area contributed by atoms with E-state index in [9.17, 15) is 4.79 Å². The predicted molar refractivity (Wildman–Crippen MR) is 114 cm³/mol. The number of ketones is 1. The predicted octanol–water partition coefficient (Wildman–Crippen LogP) is 5.13. The van der Waals surface area contributed by atoms with E-state index >= 15 is 0 Å². The monoisotopic (exact) mass is 355 g/mol. The van der Waals surface area contributed by atoms with E-state index in [2.05, 4.69) is 54.9 Å². The molecule has 136 valence electrons. The number of piperidine rings is 1. The van der Waals surface area contributed by atoms with E-state index in [0.29, 0.717) is 13.0 Å². The molecule has 2 heteroatoms. The van der Waals surface area contributed by atoms with Crippen molar-refractivity contribution in [1.82, 2.24) is 5.32 Å². The highest BCUT2D eigenvalue weighted by Gasteiger charge is 2.19. The van der Waals surface area contributed by atoms with Crippen molar-refractivity contribution >= 4 is 17.9 Å². The first kappa shape index (κ1) is 18.7. The highest BCUT2D eigenvalue weighted by atomic mass is 16.1. The van der Waals surface area contributed by atoms with Gasteiger partial charge in [0.2, 0.25) is 0 Å². The largest absolute Gasteiger partial charge is 0.384 e. The van der Waals surface area contributed by atoms with Gasteiger partial charge in [0.25, 0.3) is 0 Å². The van der Waals surface area contributed by atoms with Gasteiger partial charge >= 0.3 is 0 Å². The molecular formula is C25H25NO. The lowest BCUT2D eigenvalue weighted by atomic mass is 9.95. The fraction of sp³-hybridized carbons (Fsp3) is 0.160. The van der Waals surface area contributed by atoms with Gasteiger partial charge in [0.1, 0.15) is 0 Å². The van der Waals surface area contributed by atoms with Crippen molar-refractivity contribution in [3.05, 3.63) is 107 Å². The number of nitrogens with one attached hydrogen (secondary N) is 1. The molecular weight excluding hydrogens is 330 g/mol. The summed E-state index contributed by atoms with van der Waals surface area (Å²) in [7, 11) is 0. The maximum Gasteiger partial charge on any atom is 0.166 e. The molecule has 0 atom stereocenters. The number of carbonyl (C=O) groups excluding carboxylic acids is 1. The Morgan fingerprint density at radius 1 is 0.889 bits per heavy atom. The lowest BCUT2D eigenvalue weighted by molar-refractivity contribution is -0.115. The van der Waals surface area contributed by atoms with E-state index in [1.807, 2.05) is 36.4 Å². The second kappa shape index (κ2) is 9.00. The lowest BCUT2D eigenvalue weighted by Gasteiger charge is -2.20. The van der Waals surface area contributed by atoms with Crippen LogP contribution in [0.3, 0.4) is 0 Å². The Labute approximate surface area is 161 Å². The number of benzene rings is 2. The van der Waals surface area contributed by atoms with Crippen molar-refractivity contribution < 1.29 is 4.79 Å². The van der Waals surface area contributed by atoms with Gasteiger partial charge in [-0.15, -0.1) is 13.2 Å². The van der Waals surface area contributed by atoms with E-state index in [-0.39, 0.29) is 5.78 Å². The van der Waals surface area contributed by atoms with Crippen LogP contribution in [0.4, 0.5) is 0 Å². The maximum absolute atomic E-state index is 12.6. The van der Waals surface area contributed by atoms with Gasteiger partial charge in [-0.1, -0.05) is 60.7 Å². The summed E-state index contributed by atoms with van der Waals surface area (Å²) < 4.78 is 0. The summed E-state index contributed by atoms with van der Waals surface area (Å²) in [5, 5.41) is 3.40. The Morgan fingerprint density at radius 3 is 2.07 bits per heavy atom. The zero-order valence-electron chi connectivity index (χ0n) is 15.6. The molecule has 2 aromatic carbocycles. The molecule has 0 bridgehead atoms. The first-order valence-corrected chi connectivity index (χ1v) is 9.30. The van der Waals surface area contributed by atoms with E-state index in [1.54, 1.807) is 0 Å². The van der Waals surface area contributed by atoms with Crippen LogP contribution in [0, 0.1) is 0 Å². The summed E-state index contributed by atoms with van der Waals surface area (Å²) in [4.78, 5) is 12.6. The van der Waals surface area contributed by atoms with Crippen LogP contribution in [0.1, 0.15) is 28.7 Å². The van der Waals surface area contributed by atoms with Crippen LogP contribution in [0.2, 0.25) is 0 Å². The van der Waals surface area contributed by atoms with Gasteiger partial charge in [0.05, 0.1) is 0 Å². The van der Waals surface area contributed by atoms with E-state index in [1.165, 1.54) is 11.1 Å². The van der Waals surface area contributed by atoms with E-state index in [4.69, 9.17) is 0 Å². The van der Waals surface area contributed by atoms with Crippen molar-refractivity contribution in [2.24, 2.45) is 0 Å². The van der Waals surface area contributed by atoms with Crippen LogP contribution in [0.5, 0.6) is 0 Å². The third-order valence-electron chi connectivity index (χ3n) is 4.54. The third kappa shape index (κ3) is 4.95. The minimum absolute atomic E-state index is 0.177. The number of allylic oxidation sites excluding steroid dienone is 3. The van der Waals surface area contributed by atoms with Gasteiger partial charge in [-0.2, -0.15) is 0 Å². The Bertz CT molecular complexity index is 917. The summed E-state index contributed by atoms with van der Waals surface area (Å²) in [5.74, 6) is 0.177. The van der Waals surface area contributed by atoms with Gasteiger partial charge < -0.3 is 5.32 Å². The summed E-state index contributed by atoms with van der Waals surface area (Å²) in [5.41, 5.74) is 6.15. The topological polar surface area (TPSA) is 29.1 Å². The van der Waals surface area contributed by atoms with Gasteiger partial charge in [-0.3, -0.25) is 4.79 Å². The van der Waals surface area contributed by atoms with Crippen molar-refractivity contribution in [3.63, 3.8) is 0 Å². The summed E-state index contributed by atoms with van der Waals surface area (Å²) in [6.45, 7) is 8.27. The molecule has 2 nitrogen and oxygen atoms in total. The fourth-order valence-corrected chi connectivity index (χ4v) is 3.26. The molecule has 0 saturated carbocycles. The summed E-state index contributed by atoms with van der Waals surface area (Å²) >= 11 is 0. The number of hydrogen-bond acceptors (Lipinski definition) is 2. The summed E-state index contributed by atoms with van der Waals surface area (Å²) in [6, 6.07) is 16.6. The molecule has 0 spiro atoms. The second-order valence-electron chi connectivity index (χ2n) is 6.69. The van der Waals surface area contributed by atoms with Crippen molar-refractivity contribution in [2.45, 2.75) is 19.3 Å². The zero-order chi connectivity index (χ0) is 19.1. The lowest BCUT2D eigenvalue weighted by Crippen LogP contribution is -2.28. The fourth-order valence-electron chi connectivity index (χ4n) is 3.26. The Morgan fingerprint density at radius 2 is 1.48 bits per heavy atom. The Balaban J connectivity index is 1.97. The van der Waals surface area contributed by atoms with Crippen molar-refractivity contribution in [3.8, 4) is 0 Å². The average molecular weight is 355 g/mol. The van der Waals surface area contributed by atoms with Gasteiger partial charge in [-0.25, -0.2) is 0 Å². The maximum atomic E-state index is 12.6. The summed E-state index contributed by atoms with van der Waals surface area (Å²) in [6.07, 6.45) is 10.0. The highest BCUT2D eigenvalue weighted by Crippen LogP contribution is 2.22. The molecule has 0 aliphatic carbocycles. The molecule has 0 unspecified atom stereocenters. The van der Waals surface area contributed by atoms with Gasteiger partial charge in [0.15, 0.2) is 5.78 Å². The molecule has 0 aromatic heterocycles. The number of Topliss-reactive ketones (excluding diaryl/α,β-unsaturated/α-hetero) is 1. The zero-order valence-corrected chi connectivity index (χ0v) is 15.6. The molecule has 0 amide bonds. The Hall–Kier alpha value is -3.13. The first-order chi connectivity index (χ1) is 13.2. The van der Waals surface area contributed by atoms with Crippen LogP contribution in [0.25, 0.3) is 12.2 Å². The number of hydrogen-bond donors (Lipinski definition) is 1. The molecule has 0 radical (unpaired) electrons. The Kier molecular flexibility index (Phi) is 6.22. The minimum atomic E-state index is 0.177. The van der Waals surface area contributed by atoms with Crippen LogP contribution in [-0.4, -0.2) is 12.3 Å². The van der Waals surface area contributed by atoms with E-state index < -0.39 is 0 Å². The molecule has 1 heterocycles. The quantitative estimate of drug-likeness (QED) is 0.575. The SMILES string of the molecule is C=CCc1cccc(C=C2NCCC(=O)C2=Cc2cccc(CC=C)c2)c1. The smallest absolute Gasteiger partial charge is 0.166 e. The molecule has 1 fully saturated rings. The average Bonchev–Trinajstić information content (AvgIpc) is 2.66. The molecule has 2 aromatic rings. The number of carbonyl (C=O) groups is 1. The molecule has 1 aliphatic rings. The minimum Gasteiger partial charge on any atom is -0.384 e. The van der Waals surface area contributed by atoms with Crippen LogP contribution < -0.4 is 5.32 Å². The van der Waals surface area contributed by atoms with Gasteiger partial charge in [-0.05, 0) is 47.2 Å². The molecule has 1 aliphatic heterocycles. The standard InChI is InChI=1S/C25H25NO/c1-3-7-19-9-5-11-21(15-19)17-23-24(26-14-13-25(23)27)18-22-12-6-10-20(16-22)8-4-2/h3-6,9-12,15-18,26H,1-2,7-8,13-14H2. The molecule has 1 saturated heterocycles. The molecule has 1 N–H and O–H groups in total.